The second-order valence-corrected chi connectivity index (χ2v) is 8.92. The number of aliphatic hydroxyl groups is 1. The van der Waals surface area contributed by atoms with Crippen LogP contribution in [0.5, 0.6) is 0 Å². The molecule has 7 nitrogen and oxygen atoms in total. The van der Waals surface area contributed by atoms with E-state index in [1.54, 1.807) is 12.4 Å². The maximum absolute atomic E-state index is 12.5. The largest absolute Gasteiger partial charge is 0.393 e. The predicted molar refractivity (Wildman–Crippen MR) is 129 cm³/mol. The third-order valence-corrected chi connectivity index (χ3v) is 6.77. The summed E-state index contributed by atoms with van der Waals surface area (Å²) in [5, 5.41) is 18.5. The summed E-state index contributed by atoms with van der Waals surface area (Å²) in [6.07, 6.45) is 4.08. The number of fused-ring (bicyclic) bond motifs is 2. The average Bonchev–Trinajstić information content (AvgIpc) is 3.44. The van der Waals surface area contributed by atoms with E-state index in [9.17, 15) is 13.9 Å². The highest BCUT2D eigenvalue weighted by atomic mass is 19.3. The van der Waals surface area contributed by atoms with Crippen LogP contribution in [0.15, 0.2) is 48.9 Å². The van der Waals surface area contributed by atoms with Gasteiger partial charge in [0, 0.05) is 24.7 Å². The number of halogens is 2. The molecule has 1 aromatic carbocycles. The maximum Gasteiger partial charge on any atom is 0.255 e. The zero-order valence-corrected chi connectivity index (χ0v) is 19.0. The van der Waals surface area contributed by atoms with Crippen LogP contribution in [0, 0.1) is 5.92 Å². The van der Waals surface area contributed by atoms with Crippen LogP contribution in [-0.2, 0) is 6.42 Å². The van der Waals surface area contributed by atoms with Crippen LogP contribution in [0.4, 0.5) is 20.4 Å². The Kier molecular flexibility index (Phi) is 6.28. The van der Waals surface area contributed by atoms with Crippen LogP contribution >= 0.6 is 0 Å². The molecular weight excluding hydrogens is 438 g/mol. The molecular formula is C25H28F2N6O. The fourth-order valence-electron chi connectivity index (χ4n) is 5.03. The van der Waals surface area contributed by atoms with Crippen molar-refractivity contribution in [2.24, 2.45) is 5.92 Å². The van der Waals surface area contributed by atoms with Gasteiger partial charge in [-0.15, -0.1) is 0 Å². The standard InChI is InChI=1S/C25H28F2N6O/c1-28-24-19-8-9-33(25(19)31-14-30-24)18-11-17(21(34)12-18)5-3-15-2-4-16-6-7-23(29-13-22(26)27)32-20(16)10-15/h2,4,6-10,14,17-18,21-22,34H,3,5,11-13H2,1H3,(H,29,32)(H,28,30,31)/t17-,18+,21-/m0/s1. The zero-order valence-electron chi connectivity index (χ0n) is 19.0. The molecule has 3 aromatic heterocycles. The molecule has 34 heavy (non-hydrogen) atoms. The highest BCUT2D eigenvalue weighted by Crippen LogP contribution is 2.39. The third-order valence-electron chi connectivity index (χ3n) is 6.77. The molecule has 3 heterocycles. The van der Waals surface area contributed by atoms with Crippen molar-refractivity contribution in [2.45, 2.75) is 44.3 Å². The number of rotatable bonds is 8. The van der Waals surface area contributed by atoms with Gasteiger partial charge in [-0.25, -0.2) is 23.7 Å². The highest BCUT2D eigenvalue weighted by molar-refractivity contribution is 5.87. The minimum absolute atomic E-state index is 0.191. The van der Waals surface area contributed by atoms with E-state index in [1.165, 1.54) is 0 Å². The molecule has 5 rings (SSSR count). The molecule has 178 valence electrons. The number of hydrogen-bond acceptors (Lipinski definition) is 6. The van der Waals surface area contributed by atoms with E-state index in [4.69, 9.17) is 0 Å². The molecule has 0 amide bonds. The Morgan fingerprint density at radius 2 is 2.00 bits per heavy atom. The molecule has 0 radical (unpaired) electrons. The van der Waals surface area contributed by atoms with Crippen molar-refractivity contribution < 1.29 is 13.9 Å². The van der Waals surface area contributed by atoms with E-state index in [0.717, 1.165) is 52.6 Å². The molecule has 0 spiro atoms. The molecule has 0 unspecified atom stereocenters. The summed E-state index contributed by atoms with van der Waals surface area (Å²) in [7, 11) is 1.84. The molecule has 3 atom stereocenters. The van der Waals surface area contributed by atoms with Gasteiger partial charge in [0.2, 0.25) is 0 Å². The van der Waals surface area contributed by atoms with Crippen LogP contribution in [-0.4, -0.2) is 50.7 Å². The van der Waals surface area contributed by atoms with E-state index >= 15 is 0 Å². The van der Waals surface area contributed by atoms with Gasteiger partial charge in [-0.3, -0.25) is 0 Å². The summed E-state index contributed by atoms with van der Waals surface area (Å²) in [5.74, 6) is 1.44. The Labute approximate surface area is 196 Å². The second kappa shape index (κ2) is 9.50. The number of anilines is 2. The Hall–Kier alpha value is -3.33. The van der Waals surface area contributed by atoms with Crippen molar-refractivity contribution in [3.8, 4) is 0 Å². The van der Waals surface area contributed by atoms with Crippen molar-refractivity contribution in [3.05, 3.63) is 54.5 Å². The number of aryl methyl sites for hydroxylation is 1. The van der Waals surface area contributed by atoms with Crippen molar-refractivity contribution in [3.63, 3.8) is 0 Å². The SMILES string of the molecule is CNc1ncnc2c1ccn2[C@@H]1C[C@H](CCc2ccc3ccc(NCC(F)F)nc3c2)[C@@H](O)C1. The second-order valence-electron chi connectivity index (χ2n) is 8.92. The summed E-state index contributed by atoms with van der Waals surface area (Å²) in [5.41, 5.74) is 2.79. The number of nitrogens with one attached hydrogen (secondary N) is 2. The molecule has 0 aliphatic heterocycles. The first kappa shape index (κ1) is 22.5. The predicted octanol–water partition coefficient (Wildman–Crippen LogP) is 4.64. The van der Waals surface area contributed by atoms with Gasteiger partial charge in [0.25, 0.3) is 6.43 Å². The Morgan fingerprint density at radius 3 is 2.82 bits per heavy atom. The molecule has 4 aromatic rings. The van der Waals surface area contributed by atoms with Gasteiger partial charge in [-0.05, 0) is 61.4 Å². The number of hydrogen-bond donors (Lipinski definition) is 3. The van der Waals surface area contributed by atoms with Gasteiger partial charge in [-0.2, -0.15) is 0 Å². The lowest BCUT2D eigenvalue weighted by molar-refractivity contribution is 0.127. The Balaban J connectivity index is 1.26. The first-order valence-corrected chi connectivity index (χ1v) is 11.6. The highest BCUT2D eigenvalue weighted by Gasteiger charge is 2.34. The van der Waals surface area contributed by atoms with E-state index < -0.39 is 13.0 Å². The fraction of sp³-hybridized carbons (Fsp3) is 0.400. The van der Waals surface area contributed by atoms with Crippen LogP contribution in [0.1, 0.15) is 30.9 Å². The lowest BCUT2D eigenvalue weighted by atomic mass is 9.96. The van der Waals surface area contributed by atoms with Crippen LogP contribution in [0.2, 0.25) is 0 Å². The lowest BCUT2D eigenvalue weighted by Gasteiger charge is -2.15. The first-order valence-electron chi connectivity index (χ1n) is 11.6. The van der Waals surface area contributed by atoms with Gasteiger partial charge >= 0.3 is 0 Å². The van der Waals surface area contributed by atoms with Gasteiger partial charge in [0.15, 0.2) is 0 Å². The lowest BCUT2D eigenvalue weighted by Crippen LogP contribution is -2.13. The van der Waals surface area contributed by atoms with Gasteiger partial charge < -0.3 is 20.3 Å². The molecule has 1 saturated carbocycles. The van der Waals surface area contributed by atoms with Crippen molar-refractivity contribution >= 4 is 33.6 Å². The molecule has 1 aliphatic rings. The van der Waals surface area contributed by atoms with Crippen LogP contribution in [0.3, 0.4) is 0 Å². The monoisotopic (exact) mass is 466 g/mol. The molecule has 0 saturated heterocycles. The average molecular weight is 467 g/mol. The molecule has 1 fully saturated rings. The van der Waals surface area contributed by atoms with Crippen LogP contribution in [0.25, 0.3) is 21.9 Å². The molecule has 0 bridgehead atoms. The smallest absolute Gasteiger partial charge is 0.255 e. The van der Waals surface area contributed by atoms with E-state index in [2.05, 4.69) is 36.2 Å². The van der Waals surface area contributed by atoms with Crippen molar-refractivity contribution in [2.75, 3.05) is 24.2 Å². The molecule has 3 N–H and O–H groups in total. The van der Waals surface area contributed by atoms with Crippen molar-refractivity contribution in [1.82, 2.24) is 19.5 Å². The first-order chi connectivity index (χ1) is 16.5. The molecule has 9 heteroatoms. The topological polar surface area (TPSA) is 87.9 Å². The summed E-state index contributed by atoms with van der Waals surface area (Å²) < 4.78 is 27.1. The van der Waals surface area contributed by atoms with Gasteiger partial charge in [-0.1, -0.05) is 12.1 Å². The number of alkyl halides is 2. The van der Waals surface area contributed by atoms with Crippen LogP contribution < -0.4 is 10.6 Å². The maximum atomic E-state index is 12.5. The minimum atomic E-state index is -2.42. The summed E-state index contributed by atoms with van der Waals surface area (Å²) in [6.45, 7) is -0.419. The third kappa shape index (κ3) is 4.52. The van der Waals surface area contributed by atoms with Crippen molar-refractivity contribution in [1.29, 1.82) is 0 Å². The number of pyridine rings is 1. The number of nitrogens with zero attached hydrogens (tertiary/aromatic N) is 4. The minimum Gasteiger partial charge on any atom is -0.393 e. The van der Waals surface area contributed by atoms with E-state index in [0.29, 0.717) is 12.2 Å². The fourth-order valence-corrected chi connectivity index (χ4v) is 5.03. The number of aliphatic hydroxyl groups excluding tert-OH is 1. The van der Waals surface area contributed by atoms with Gasteiger partial charge in [0.05, 0.1) is 23.6 Å². The van der Waals surface area contributed by atoms with E-state index in [1.807, 2.05) is 37.5 Å². The summed E-state index contributed by atoms with van der Waals surface area (Å²) in [4.78, 5) is 13.2. The Bertz CT molecular complexity index is 1290. The summed E-state index contributed by atoms with van der Waals surface area (Å²) >= 11 is 0. The normalized spacial score (nSPS) is 20.4. The van der Waals surface area contributed by atoms with E-state index in [-0.39, 0.29) is 18.1 Å². The summed E-state index contributed by atoms with van der Waals surface area (Å²) in [6, 6.07) is 11.9. The quantitative estimate of drug-likeness (QED) is 0.351. The number of benzene rings is 1. The Morgan fingerprint density at radius 1 is 1.15 bits per heavy atom. The molecule has 1 aliphatic carbocycles. The zero-order chi connectivity index (χ0) is 23.7. The number of aromatic nitrogens is 4. The van der Waals surface area contributed by atoms with Gasteiger partial charge in [0.1, 0.15) is 23.6 Å².